The van der Waals surface area contributed by atoms with Gasteiger partial charge in [-0.3, -0.25) is 24.1 Å². The summed E-state index contributed by atoms with van der Waals surface area (Å²) < 4.78 is 0. The summed E-state index contributed by atoms with van der Waals surface area (Å²) in [5.41, 5.74) is 0.580. The molecule has 0 bridgehead atoms. The number of carbonyl (C=O) groups is 4. The van der Waals surface area contributed by atoms with Crippen molar-refractivity contribution >= 4 is 23.7 Å². The molecule has 1 aromatic carbocycles. The van der Waals surface area contributed by atoms with Crippen molar-refractivity contribution in [2.24, 2.45) is 5.92 Å². The molecule has 0 unspecified atom stereocenters. The van der Waals surface area contributed by atoms with Crippen molar-refractivity contribution in [1.82, 2.24) is 10.2 Å². The maximum atomic E-state index is 12.3. The molecule has 1 aromatic rings. The van der Waals surface area contributed by atoms with Crippen LogP contribution in [-0.4, -0.2) is 46.3 Å². The second kappa shape index (κ2) is 7.04. The molecular formula is C18H20N2O5. The minimum absolute atomic E-state index is 0.290. The quantitative estimate of drug-likeness (QED) is 0.635. The van der Waals surface area contributed by atoms with Gasteiger partial charge in [0.05, 0.1) is 17.0 Å². The first-order valence-electron chi connectivity index (χ1n) is 8.46. The van der Waals surface area contributed by atoms with Crippen LogP contribution in [0.25, 0.3) is 0 Å². The minimum Gasteiger partial charge on any atom is -0.481 e. The van der Waals surface area contributed by atoms with E-state index in [1.807, 2.05) is 0 Å². The van der Waals surface area contributed by atoms with E-state index in [0.717, 1.165) is 24.2 Å². The van der Waals surface area contributed by atoms with E-state index < -0.39 is 42.2 Å². The smallest absolute Gasteiger partial charge is 0.308 e. The highest BCUT2D eigenvalue weighted by Gasteiger charge is 2.37. The van der Waals surface area contributed by atoms with Crippen LogP contribution in [0.15, 0.2) is 24.3 Å². The number of benzene rings is 1. The molecule has 7 nitrogen and oxygen atoms in total. The topological polar surface area (TPSA) is 104 Å². The van der Waals surface area contributed by atoms with Gasteiger partial charge in [-0.25, -0.2) is 0 Å². The van der Waals surface area contributed by atoms with Gasteiger partial charge in [0.15, 0.2) is 0 Å². The van der Waals surface area contributed by atoms with E-state index in [4.69, 9.17) is 0 Å². The fourth-order valence-electron chi connectivity index (χ4n) is 3.55. The SMILES string of the molecule is O=C(CN1C(=O)c2ccccc2C1=O)N[C@H]1CCCCC[C@H]1C(=O)O. The first-order chi connectivity index (χ1) is 12.0. The van der Waals surface area contributed by atoms with Gasteiger partial charge >= 0.3 is 5.97 Å². The summed E-state index contributed by atoms with van der Waals surface area (Å²) in [6.45, 7) is -0.394. The Balaban J connectivity index is 1.67. The summed E-state index contributed by atoms with van der Waals surface area (Å²) in [6, 6.07) is 5.97. The van der Waals surface area contributed by atoms with Crippen LogP contribution in [0.2, 0.25) is 0 Å². The van der Waals surface area contributed by atoms with Crippen molar-refractivity contribution in [1.29, 1.82) is 0 Å². The summed E-state index contributed by atoms with van der Waals surface area (Å²) in [4.78, 5) is 49.3. The summed E-state index contributed by atoms with van der Waals surface area (Å²) in [5, 5.41) is 12.1. The lowest BCUT2D eigenvalue weighted by molar-refractivity contribution is -0.143. The highest BCUT2D eigenvalue weighted by molar-refractivity contribution is 6.22. The molecule has 2 atom stereocenters. The second-order valence-electron chi connectivity index (χ2n) is 6.50. The maximum absolute atomic E-state index is 12.3. The number of amides is 3. The Morgan fingerprint density at radius 2 is 1.64 bits per heavy atom. The molecule has 3 amide bonds. The standard InChI is InChI=1S/C18H20N2O5/c21-15(19-14-9-3-1-2-8-13(14)18(24)25)10-20-16(22)11-6-4-5-7-12(11)17(20)23/h4-7,13-14H,1-3,8-10H2,(H,19,21)(H,24,25)/t13-,14+/m1/s1. The Morgan fingerprint density at radius 3 is 2.24 bits per heavy atom. The number of carbonyl (C=O) groups excluding carboxylic acids is 3. The van der Waals surface area contributed by atoms with E-state index in [-0.39, 0.29) is 11.1 Å². The number of hydrogen-bond acceptors (Lipinski definition) is 4. The van der Waals surface area contributed by atoms with Crippen LogP contribution in [0, 0.1) is 5.92 Å². The van der Waals surface area contributed by atoms with Gasteiger partial charge in [-0.15, -0.1) is 0 Å². The summed E-state index contributed by atoms with van der Waals surface area (Å²) in [7, 11) is 0. The van der Waals surface area contributed by atoms with E-state index in [0.29, 0.717) is 12.8 Å². The predicted octanol–water partition coefficient (Wildman–Crippen LogP) is 1.43. The molecule has 1 fully saturated rings. The van der Waals surface area contributed by atoms with Crippen molar-refractivity contribution in [2.75, 3.05) is 6.54 Å². The van der Waals surface area contributed by atoms with Crippen LogP contribution in [0.1, 0.15) is 52.8 Å². The summed E-state index contributed by atoms with van der Waals surface area (Å²) in [5.74, 6) is -3.05. The first kappa shape index (κ1) is 17.1. The predicted molar refractivity (Wildman–Crippen MR) is 88.0 cm³/mol. The van der Waals surface area contributed by atoms with Gasteiger partial charge < -0.3 is 10.4 Å². The Hall–Kier alpha value is -2.70. The Bertz CT molecular complexity index is 695. The molecule has 7 heteroatoms. The maximum Gasteiger partial charge on any atom is 0.308 e. The fourth-order valence-corrected chi connectivity index (χ4v) is 3.55. The third kappa shape index (κ3) is 3.40. The first-order valence-corrected chi connectivity index (χ1v) is 8.46. The number of rotatable bonds is 4. The molecule has 0 saturated heterocycles. The summed E-state index contributed by atoms with van der Waals surface area (Å²) in [6.07, 6.45) is 3.72. The number of hydrogen-bond donors (Lipinski definition) is 2. The minimum atomic E-state index is -0.923. The van der Waals surface area contributed by atoms with Crippen LogP contribution in [0.5, 0.6) is 0 Å². The molecule has 2 N–H and O–H groups in total. The van der Waals surface area contributed by atoms with Gasteiger partial charge in [0, 0.05) is 6.04 Å². The van der Waals surface area contributed by atoms with Crippen molar-refractivity contribution in [3.63, 3.8) is 0 Å². The molecule has 1 aliphatic heterocycles. The number of nitrogens with one attached hydrogen (secondary N) is 1. The van der Waals surface area contributed by atoms with E-state index in [9.17, 15) is 24.3 Å². The highest BCUT2D eigenvalue weighted by Crippen LogP contribution is 2.25. The number of aliphatic carboxylic acids is 1. The summed E-state index contributed by atoms with van der Waals surface area (Å²) >= 11 is 0. The average molecular weight is 344 g/mol. The number of nitrogens with zero attached hydrogens (tertiary/aromatic N) is 1. The zero-order valence-corrected chi connectivity index (χ0v) is 13.7. The highest BCUT2D eigenvalue weighted by atomic mass is 16.4. The molecule has 132 valence electrons. The Morgan fingerprint density at radius 1 is 1.04 bits per heavy atom. The van der Waals surface area contributed by atoms with Crippen LogP contribution < -0.4 is 5.32 Å². The molecule has 3 rings (SSSR count). The van der Waals surface area contributed by atoms with Gasteiger partial charge in [0.2, 0.25) is 5.91 Å². The number of carboxylic acid groups (broad SMARTS) is 1. The molecule has 1 saturated carbocycles. The van der Waals surface area contributed by atoms with Crippen LogP contribution in [-0.2, 0) is 9.59 Å². The molecule has 0 spiro atoms. The molecular weight excluding hydrogens is 324 g/mol. The van der Waals surface area contributed by atoms with Crippen LogP contribution in [0.3, 0.4) is 0 Å². The number of imide groups is 1. The van der Waals surface area contributed by atoms with Crippen molar-refractivity contribution < 1.29 is 24.3 Å². The van der Waals surface area contributed by atoms with Gasteiger partial charge in [-0.1, -0.05) is 31.4 Å². The zero-order chi connectivity index (χ0) is 18.0. The van der Waals surface area contributed by atoms with E-state index >= 15 is 0 Å². The average Bonchev–Trinajstić information content (AvgIpc) is 2.75. The lowest BCUT2D eigenvalue weighted by Crippen LogP contribution is -2.47. The fraction of sp³-hybridized carbons (Fsp3) is 0.444. The van der Waals surface area contributed by atoms with Crippen LogP contribution >= 0.6 is 0 Å². The number of fused-ring (bicyclic) bond motifs is 1. The van der Waals surface area contributed by atoms with Crippen molar-refractivity contribution in [3.8, 4) is 0 Å². The Kier molecular flexibility index (Phi) is 4.83. The largest absolute Gasteiger partial charge is 0.481 e. The van der Waals surface area contributed by atoms with Crippen molar-refractivity contribution in [2.45, 2.75) is 38.1 Å². The molecule has 0 radical (unpaired) electrons. The number of carboxylic acids is 1. The Labute approximate surface area is 145 Å². The van der Waals surface area contributed by atoms with E-state index in [1.165, 1.54) is 0 Å². The van der Waals surface area contributed by atoms with Crippen LogP contribution in [0.4, 0.5) is 0 Å². The lowest BCUT2D eigenvalue weighted by atomic mass is 9.95. The lowest BCUT2D eigenvalue weighted by Gasteiger charge is -2.24. The second-order valence-corrected chi connectivity index (χ2v) is 6.50. The van der Waals surface area contributed by atoms with Gasteiger partial charge in [-0.05, 0) is 25.0 Å². The third-order valence-electron chi connectivity index (χ3n) is 4.86. The van der Waals surface area contributed by atoms with Gasteiger partial charge in [-0.2, -0.15) is 0 Å². The third-order valence-corrected chi connectivity index (χ3v) is 4.86. The molecule has 1 aliphatic carbocycles. The monoisotopic (exact) mass is 344 g/mol. The molecule has 2 aliphatic rings. The normalized spacial score (nSPS) is 23.1. The van der Waals surface area contributed by atoms with Gasteiger partial charge in [0.25, 0.3) is 11.8 Å². The molecule has 0 aromatic heterocycles. The zero-order valence-electron chi connectivity index (χ0n) is 13.7. The molecule has 25 heavy (non-hydrogen) atoms. The van der Waals surface area contributed by atoms with E-state index in [2.05, 4.69) is 5.32 Å². The van der Waals surface area contributed by atoms with Crippen molar-refractivity contribution in [3.05, 3.63) is 35.4 Å². The van der Waals surface area contributed by atoms with E-state index in [1.54, 1.807) is 24.3 Å². The molecule has 1 heterocycles. The van der Waals surface area contributed by atoms with Gasteiger partial charge in [0.1, 0.15) is 6.54 Å².